The van der Waals surface area contributed by atoms with E-state index in [1.165, 1.54) is 11.1 Å². The number of piperidine rings is 1. The summed E-state index contributed by atoms with van der Waals surface area (Å²) in [6.07, 6.45) is 11.7. The van der Waals surface area contributed by atoms with Gasteiger partial charge in [0.2, 0.25) is 5.91 Å². The molecule has 2 aliphatic rings. The Balaban J connectivity index is 1.18. The van der Waals surface area contributed by atoms with Gasteiger partial charge in [0.15, 0.2) is 0 Å². The van der Waals surface area contributed by atoms with Crippen molar-refractivity contribution in [2.45, 2.75) is 37.6 Å². The summed E-state index contributed by atoms with van der Waals surface area (Å²) in [6, 6.07) is 4.50. The van der Waals surface area contributed by atoms with Crippen molar-refractivity contribution in [3.8, 4) is 0 Å². The van der Waals surface area contributed by atoms with Crippen LogP contribution in [0.25, 0.3) is 0 Å². The third-order valence-electron chi connectivity index (χ3n) is 5.68. The lowest BCUT2D eigenvalue weighted by Gasteiger charge is -2.32. The molecule has 4 rings (SSSR count). The molecule has 1 aliphatic carbocycles. The summed E-state index contributed by atoms with van der Waals surface area (Å²) < 4.78 is 1.81. The average molecular weight is 353 g/mol. The number of carbonyl (C=O) groups excluding carboxylic acids is 1. The number of pyridine rings is 1. The van der Waals surface area contributed by atoms with Gasteiger partial charge in [0, 0.05) is 57.2 Å². The lowest BCUT2D eigenvalue weighted by atomic mass is 10.0. The van der Waals surface area contributed by atoms with Crippen molar-refractivity contribution in [3.63, 3.8) is 0 Å². The highest BCUT2D eigenvalue weighted by atomic mass is 16.2. The SMILES string of the molecule is Cn1cc([C@@H]2C[C@H]2C(=O)NC2CCN(CCc3ccncc3)CC2)cn1. The Kier molecular flexibility index (Phi) is 5.02. The van der Waals surface area contributed by atoms with E-state index in [0.717, 1.165) is 45.3 Å². The molecular formula is C20H27N5O. The summed E-state index contributed by atoms with van der Waals surface area (Å²) >= 11 is 0. The molecular weight excluding hydrogens is 326 g/mol. The van der Waals surface area contributed by atoms with E-state index in [4.69, 9.17) is 0 Å². The van der Waals surface area contributed by atoms with Gasteiger partial charge in [-0.3, -0.25) is 14.5 Å². The van der Waals surface area contributed by atoms with Crippen molar-refractivity contribution >= 4 is 5.91 Å². The smallest absolute Gasteiger partial charge is 0.223 e. The monoisotopic (exact) mass is 353 g/mol. The molecule has 6 nitrogen and oxygen atoms in total. The number of likely N-dealkylation sites (tertiary alicyclic amines) is 1. The van der Waals surface area contributed by atoms with E-state index in [2.05, 4.69) is 32.4 Å². The third kappa shape index (κ3) is 4.12. The van der Waals surface area contributed by atoms with Gasteiger partial charge in [-0.15, -0.1) is 0 Å². The summed E-state index contributed by atoms with van der Waals surface area (Å²) in [5.74, 6) is 0.738. The normalized spacial score (nSPS) is 23.7. The molecule has 26 heavy (non-hydrogen) atoms. The van der Waals surface area contributed by atoms with Crippen LogP contribution < -0.4 is 5.32 Å². The van der Waals surface area contributed by atoms with Gasteiger partial charge in [-0.2, -0.15) is 5.10 Å². The molecule has 0 radical (unpaired) electrons. The molecule has 2 aromatic heterocycles. The van der Waals surface area contributed by atoms with Crippen LogP contribution in [-0.2, 0) is 18.3 Å². The first kappa shape index (κ1) is 17.2. The molecule has 2 atom stereocenters. The van der Waals surface area contributed by atoms with Gasteiger partial charge < -0.3 is 10.2 Å². The van der Waals surface area contributed by atoms with Crippen LogP contribution in [0.15, 0.2) is 36.9 Å². The fourth-order valence-electron chi connectivity index (χ4n) is 3.93. The molecule has 1 saturated carbocycles. The highest BCUT2D eigenvalue weighted by molar-refractivity contribution is 5.83. The van der Waals surface area contributed by atoms with Crippen LogP contribution >= 0.6 is 0 Å². The Morgan fingerprint density at radius 1 is 1.27 bits per heavy atom. The maximum absolute atomic E-state index is 12.5. The average Bonchev–Trinajstić information content (AvgIpc) is 3.36. The summed E-state index contributed by atoms with van der Waals surface area (Å²) in [5.41, 5.74) is 2.53. The van der Waals surface area contributed by atoms with Gasteiger partial charge in [0.1, 0.15) is 0 Å². The standard InChI is InChI=1S/C20H27N5O/c1-24-14-16(13-22-24)18-12-19(18)20(26)23-17-5-10-25(11-6-17)9-4-15-2-7-21-8-3-15/h2-3,7-8,13-14,17-19H,4-6,9-12H2,1H3,(H,23,26)/t18-,19+/m0/s1. The number of carbonyl (C=O) groups is 1. The van der Waals surface area contributed by atoms with E-state index in [0.29, 0.717) is 12.0 Å². The molecule has 3 heterocycles. The number of aromatic nitrogens is 3. The Bertz CT molecular complexity index is 736. The second-order valence-electron chi connectivity index (χ2n) is 7.63. The first-order valence-electron chi connectivity index (χ1n) is 9.59. The van der Waals surface area contributed by atoms with E-state index in [-0.39, 0.29) is 11.8 Å². The molecule has 6 heteroatoms. The Morgan fingerprint density at radius 3 is 2.73 bits per heavy atom. The highest BCUT2D eigenvalue weighted by Crippen LogP contribution is 2.47. The van der Waals surface area contributed by atoms with Crippen LogP contribution in [0, 0.1) is 5.92 Å². The number of aryl methyl sites for hydroxylation is 1. The van der Waals surface area contributed by atoms with E-state index in [9.17, 15) is 4.79 Å². The van der Waals surface area contributed by atoms with Gasteiger partial charge in [-0.1, -0.05) is 0 Å². The van der Waals surface area contributed by atoms with Gasteiger partial charge in [0.05, 0.1) is 6.20 Å². The van der Waals surface area contributed by atoms with Crippen molar-refractivity contribution in [1.29, 1.82) is 0 Å². The van der Waals surface area contributed by atoms with Gasteiger partial charge in [-0.25, -0.2) is 0 Å². The predicted molar refractivity (Wildman–Crippen MR) is 99.6 cm³/mol. The fraction of sp³-hybridized carbons (Fsp3) is 0.550. The van der Waals surface area contributed by atoms with E-state index in [1.807, 2.05) is 36.5 Å². The molecule has 2 aromatic rings. The van der Waals surface area contributed by atoms with E-state index < -0.39 is 0 Å². The third-order valence-corrected chi connectivity index (χ3v) is 5.68. The van der Waals surface area contributed by atoms with Crippen molar-refractivity contribution < 1.29 is 4.79 Å². The quantitative estimate of drug-likeness (QED) is 0.859. The lowest BCUT2D eigenvalue weighted by molar-refractivity contribution is -0.123. The minimum atomic E-state index is 0.143. The van der Waals surface area contributed by atoms with Crippen LogP contribution in [-0.4, -0.2) is 51.2 Å². The number of hydrogen-bond acceptors (Lipinski definition) is 4. The van der Waals surface area contributed by atoms with E-state index in [1.54, 1.807) is 0 Å². The maximum Gasteiger partial charge on any atom is 0.223 e. The molecule has 0 unspecified atom stereocenters. The van der Waals surface area contributed by atoms with Crippen LogP contribution in [0.1, 0.15) is 36.3 Å². The van der Waals surface area contributed by atoms with Crippen molar-refractivity contribution in [1.82, 2.24) is 25.0 Å². The van der Waals surface area contributed by atoms with Crippen molar-refractivity contribution in [2.24, 2.45) is 13.0 Å². The van der Waals surface area contributed by atoms with E-state index >= 15 is 0 Å². The van der Waals surface area contributed by atoms with Gasteiger partial charge >= 0.3 is 0 Å². The molecule has 0 spiro atoms. The van der Waals surface area contributed by atoms with Crippen LogP contribution in [0.4, 0.5) is 0 Å². The zero-order valence-electron chi connectivity index (χ0n) is 15.3. The van der Waals surface area contributed by atoms with Crippen LogP contribution in [0.3, 0.4) is 0 Å². The summed E-state index contributed by atoms with van der Waals surface area (Å²) in [7, 11) is 1.92. The number of hydrogen-bond donors (Lipinski definition) is 1. The molecule has 0 aromatic carbocycles. The molecule has 1 amide bonds. The minimum Gasteiger partial charge on any atom is -0.353 e. The van der Waals surface area contributed by atoms with Crippen LogP contribution in [0.2, 0.25) is 0 Å². The zero-order valence-corrected chi connectivity index (χ0v) is 15.3. The van der Waals surface area contributed by atoms with Gasteiger partial charge in [-0.05, 0) is 54.9 Å². The minimum absolute atomic E-state index is 0.143. The summed E-state index contributed by atoms with van der Waals surface area (Å²) in [6.45, 7) is 3.20. The first-order chi connectivity index (χ1) is 12.7. The van der Waals surface area contributed by atoms with Crippen molar-refractivity contribution in [3.05, 3.63) is 48.0 Å². The number of rotatable bonds is 6. The zero-order chi connectivity index (χ0) is 17.9. The molecule has 1 aliphatic heterocycles. The summed E-state index contributed by atoms with van der Waals surface area (Å²) in [5, 5.41) is 7.49. The Labute approximate surface area is 154 Å². The number of nitrogens with one attached hydrogen (secondary N) is 1. The first-order valence-corrected chi connectivity index (χ1v) is 9.59. The van der Waals surface area contributed by atoms with Crippen LogP contribution in [0.5, 0.6) is 0 Å². The molecule has 0 bridgehead atoms. The van der Waals surface area contributed by atoms with Crippen molar-refractivity contribution in [2.75, 3.05) is 19.6 Å². The largest absolute Gasteiger partial charge is 0.353 e. The summed E-state index contributed by atoms with van der Waals surface area (Å²) in [4.78, 5) is 19.1. The van der Waals surface area contributed by atoms with Gasteiger partial charge in [0.25, 0.3) is 0 Å². The second kappa shape index (κ2) is 7.58. The predicted octanol–water partition coefficient (Wildman–Crippen LogP) is 1.74. The highest BCUT2D eigenvalue weighted by Gasteiger charge is 2.45. The molecule has 1 N–H and O–H groups in total. The second-order valence-corrected chi connectivity index (χ2v) is 7.63. The molecule has 138 valence electrons. The Morgan fingerprint density at radius 2 is 2.04 bits per heavy atom. The molecule has 2 fully saturated rings. The number of amides is 1. The molecule has 1 saturated heterocycles. The fourth-order valence-corrected chi connectivity index (χ4v) is 3.93. The Hall–Kier alpha value is -2.21. The topological polar surface area (TPSA) is 63.1 Å². The number of nitrogens with zero attached hydrogens (tertiary/aromatic N) is 4. The lowest BCUT2D eigenvalue weighted by Crippen LogP contribution is -2.45. The maximum atomic E-state index is 12.5.